The van der Waals surface area contributed by atoms with Crippen LogP contribution in [0.25, 0.3) is 0 Å². The summed E-state index contributed by atoms with van der Waals surface area (Å²) in [5.74, 6) is -1.05. The van der Waals surface area contributed by atoms with Gasteiger partial charge in [0.1, 0.15) is 12.4 Å². The lowest BCUT2D eigenvalue weighted by Crippen LogP contribution is -2.38. The number of amides is 1. The molecule has 0 saturated carbocycles. The minimum Gasteiger partial charge on any atom is -0.323 e. The fourth-order valence-electron chi connectivity index (χ4n) is 2.41. The van der Waals surface area contributed by atoms with Gasteiger partial charge in [0.05, 0.1) is 22.5 Å². The normalized spacial score (nSPS) is 11.0. The number of nitrogens with zero attached hydrogens (tertiary/aromatic N) is 2. The third-order valence-corrected chi connectivity index (χ3v) is 5.47. The van der Waals surface area contributed by atoms with Crippen LogP contribution in [-0.2, 0) is 14.8 Å². The summed E-state index contributed by atoms with van der Waals surface area (Å²) in [5, 5.41) is 2.60. The van der Waals surface area contributed by atoms with E-state index in [2.05, 4.69) is 10.3 Å². The molecule has 0 bridgehead atoms. The first kappa shape index (κ1) is 18.5. The summed E-state index contributed by atoms with van der Waals surface area (Å²) in [7, 11) is -4.02. The van der Waals surface area contributed by atoms with Gasteiger partial charge in [-0.3, -0.25) is 14.1 Å². The van der Waals surface area contributed by atoms with E-state index in [1.807, 2.05) is 0 Å². The van der Waals surface area contributed by atoms with E-state index in [-0.39, 0.29) is 10.6 Å². The molecule has 0 radical (unpaired) electrons. The van der Waals surface area contributed by atoms with E-state index in [9.17, 15) is 17.6 Å². The average molecular weight is 385 g/mol. The summed E-state index contributed by atoms with van der Waals surface area (Å²) in [6.07, 6.45) is 3.01. The number of sulfonamides is 1. The quantitative estimate of drug-likeness (QED) is 0.707. The van der Waals surface area contributed by atoms with Crippen LogP contribution in [0.15, 0.2) is 84.0 Å². The first-order valence-corrected chi connectivity index (χ1v) is 9.44. The van der Waals surface area contributed by atoms with E-state index in [4.69, 9.17) is 0 Å². The molecule has 3 aromatic rings. The number of aromatic nitrogens is 1. The van der Waals surface area contributed by atoms with Crippen LogP contribution in [0.2, 0.25) is 0 Å². The van der Waals surface area contributed by atoms with Crippen molar-refractivity contribution < 1.29 is 17.6 Å². The molecule has 0 atom stereocenters. The average Bonchev–Trinajstić information content (AvgIpc) is 2.68. The first-order valence-electron chi connectivity index (χ1n) is 8.00. The molecule has 27 heavy (non-hydrogen) atoms. The van der Waals surface area contributed by atoms with Crippen LogP contribution in [0.3, 0.4) is 0 Å². The molecule has 1 aromatic heterocycles. The SMILES string of the molecule is O=C(CN(c1ccc(F)cc1)S(=O)(=O)c1ccccc1)Nc1cccnc1. The zero-order valence-electron chi connectivity index (χ0n) is 14.1. The van der Waals surface area contributed by atoms with Gasteiger partial charge in [0.2, 0.25) is 5.91 Å². The Kier molecular flexibility index (Phi) is 5.46. The van der Waals surface area contributed by atoms with Crippen molar-refractivity contribution in [1.29, 1.82) is 0 Å². The standard InChI is InChI=1S/C19H16FN3O3S/c20-15-8-10-17(11-9-15)23(27(25,26)18-6-2-1-3-7-18)14-19(24)22-16-5-4-12-21-13-16/h1-13H,14H2,(H,22,24). The molecule has 0 unspecified atom stereocenters. The molecule has 0 spiro atoms. The van der Waals surface area contributed by atoms with Gasteiger partial charge >= 0.3 is 0 Å². The van der Waals surface area contributed by atoms with Gasteiger partial charge in [-0.15, -0.1) is 0 Å². The number of hydrogen-bond donors (Lipinski definition) is 1. The minimum absolute atomic E-state index is 0.0310. The van der Waals surface area contributed by atoms with Gasteiger partial charge in [0.15, 0.2) is 0 Å². The maximum Gasteiger partial charge on any atom is 0.264 e. The second-order valence-electron chi connectivity index (χ2n) is 5.59. The zero-order valence-corrected chi connectivity index (χ0v) is 14.9. The lowest BCUT2D eigenvalue weighted by atomic mass is 10.3. The molecule has 8 heteroatoms. The van der Waals surface area contributed by atoms with Crippen LogP contribution in [0.5, 0.6) is 0 Å². The van der Waals surface area contributed by atoms with E-state index in [1.54, 1.807) is 36.5 Å². The highest BCUT2D eigenvalue weighted by molar-refractivity contribution is 7.92. The number of rotatable bonds is 6. The summed E-state index contributed by atoms with van der Waals surface area (Å²) in [4.78, 5) is 16.3. The fraction of sp³-hybridized carbons (Fsp3) is 0.0526. The Labute approximate surface area is 156 Å². The van der Waals surface area contributed by atoms with E-state index < -0.39 is 28.3 Å². The van der Waals surface area contributed by atoms with Gasteiger partial charge in [0.25, 0.3) is 10.0 Å². The molecular weight excluding hydrogens is 369 g/mol. The topological polar surface area (TPSA) is 79.4 Å². The summed E-state index contributed by atoms with van der Waals surface area (Å²) in [5.41, 5.74) is 0.625. The number of benzene rings is 2. The van der Waals surface area contributed by atoms with Crippen molar-refractivity contribution in [3.05, 3.63) is 84.9 Å². The van der Waals surface area contributed by atoms with E-state index in [0.717, 1.165) is 16.4 Å². The molecule has 0 aliphatic heterocycles. The van der Waals surface area contributed by atoms with E-state index in [1.165, 1.54) is 30.5 Å². The Hall–Kier alpha value is -3.26. The molecule has 3 rings (SSSR count). The van der Waals surface area contributed by atoms with Crippen LogP contribution < -0.4 is 9.62 Å². The predicted molar refractivity (Wildman–Crippen MR) is 100 cm³/mol. The van der Waals surface area contributed by atoms with Crippen molar-refractivity contribution in [2.75, 3.05) is 16.2 Å². The molecule has 1 amide bonds. The van der Waals surface area contributed by atoms with Crippen molar-refractivity contribution >= 4 is 27.3 Å². The van der Waals surface area contributed by atoms with Crippen molar-refractivity contribution in [2.45, 2.75) is 4.90 Å². The second-order valence-corrected chi connectivity index (χ2v) is 7.45. The number of carbonyl (C=O) groups excluding carboxylic acids is 1. The summed E-state index contributed by atoms with van der Waals surface area (Å²) >= 11 is 0. The molecule has 1 N–H and O–H groups in total. The Morgan fingerprint density at radius 3 is 2.33 bits per heavy atom. The monoisotopic (exact) mass is 385 g/mol. The van der Waals surface area contributed by atoms with Crippen molar-refractivity contribution in [3.8, 4) is 0 Å². The maximum atomic E-state index is 13.3. The van der Waals surface area contributed by atoms with Crippen LogP contribution in [0.4, 0.5) is 15.8 Å². The number of carbonyl (C=O) groups is 1. The molecule has 0 fully saturated rings. The largest absolute Gasteiger partial charge is 0.323 e. The molecule has 138 valence electrons. The highest BCUT2D eigenvalue weighted by Crippen LogP contribution is 2.24. The molecule has 2 aromatic carbocycles. The third kappa shape index (κ3) is 4.48. The third-order valence-electron chi connectivity index (χ3n) is 3.68. The molecular formula is C19H16FN3O3S. The van der Waals surface area contributed by atoms with Crippen LogP contribution in [0.1, 0.15) is 0 Å². The number of pyridine rings is 1. The minimum atomic E-state index is -4.02. The lowest BCUT2D eigenvalue weighted by Gasteiger charge is -2.24. The van der Waals surface area contributed by atoms with E-state index in [0.29, 0.717) is 5.69 Å². The number of hydrogen-bond acceptors (Lipinski definition) is 4. The number of anilines is 2. The molecule has 0 saturated heterocycles. The first-order chi connectivity index (χ1) is 13.0. The molecule has 0 aliphatic rings. The van der Waals surface area contributed by atoms with Gasteiger partial charge in [0, 0.05) is 6.20 Å². The fourth-order valence-corrected chi connectivity index (χ4v) is 3.85. The smallest absolute Gasteiger partial charge is 0.264 e. The highest BCUT2D eigenvalue weighted by atomic mass is 32.2. The van der Waals surface area contributed by atoms with Gasteiger partial charge in [-0.05, 0) is 48.5 Å². The summed E-state index contributed by atoms with van der Waals surface area (Å²) < 4.78 is 40.3. The Morgan fingerprint density at radius 1 is 1.00 bits per heavy atom. The van der Waals surface area contributed by atoms with Crippen LogP contribution >= 0.6 is 0 Å². The van der Waals surface area contributed by atoms with E-state index >= 15 is 0 Å². The van der Waals surface area contributed by atoms with Gasteiger partial charge in [-0.25, -0.2) is 12.8 Å². The van der Waals surface area contributed by atoms with Crippen LogP contribution in [-0.4, -0.2) is 25.9 Å². The molecule has 1 heterocycles. The maximum absolute atomic E-state index is 13.3. The van der Waals surface area contributed by atoms with Crippen molar-refractivity contribution in [3.63, 3.8) is 0 Å². The van der Waals surface area contributed by atoms with Crippen molar-refractivity contribution in [2.24, 2.45) is 0 Å². The lowest BCUT2D eigenvalue weighted by molar-refractivity contribution is -0.114. The number of halogens is 1. The summed E-state index contributed by atoms with van der Waals surface area (Å²) in [6.45, 7) is -0.474. The molecule has 0 aliphatic carbocycles. The zero-order chi connectivity index (χ0) is 19.3. The Bertz CT molecular complexity index is 1010. The van der Waals surface area contributed by atoms with Gasteiger partial charge in [-0.1, -0.05) is 18.2 Å². The second kappa shape index (κ2) is 7.96. The Balaban J connectivity index is 1.93. The van der Waals surface area contributed by atoms with Gasteiger partial charge < -0.3 is 5.32 Å². The Morgan fingerprint density at radius 2 is 1.70 bits per heavy atom. The molecule has 6 nitrogen and oxygen atoms in total. The number of nitrogens with one attached hydrogen (secondary N) is 1. The van der Waals surface area contributed by atoms with Crippen molar-refractivity contribution in [1.82, 2.24) is 4.98 Å². The van der Waals surface area contributed by atoms with Crippen LogP contribution in [0, 0.1) is 5.82 Å². The summed E-state index contributed by atoms with van der Waals surface area (Å²) in [6, 6.07) is 15.9. The van der Waals surface area contributed by atoms with Gasteiger partial charge in [-0.2, -0.15) is 0 Å². The predicted octanol–water partition coefficient (Wildman–Crippen LogP) is 3.05. The highest BCUT2D eigenvalue weighted by Gasteiger charge is 2.27.